The molecule has 1 aromatic carbocycles. The van der Waals surface area contributed by atoms with Crippen LogP contribution < -0.4 is 5.32 Å². The van der Waals surface area contributed by atoms with Crippen LogP contribution in [0.5, 0.6) is 0 Å². The number of carboxylic acids is 1. The van der Waals surface area contributed by atoms with E-state index in [4.69, 9.17) is 16.7 Å². The van der Waals surface area contributed by atoms with Gasteiger partial charge in [0, 0.05) is 11.1 Å². The van der Waals surface area contributed by atoms with Crippen LogP contribution in [0.3, 0.4) is 0 Å². The van der Waals surface area contributed by atoms with Gasteiger partial charge in [-0.3, -0.25) is 4.79 Å². The Morgan fingerprint density at radius 3 is 2.50 bits per heavy atom. The predicted octanol–water partition coefficient (Wildman–Crippen LogP) is 2.97. The molecular weight excluding hydrogens is 278 g/mol. The SMILES string of the molecule is CC(C)(C)[C@H](NC(=O)/C=C/c1cccc(Cl)c1)C(=O)O. The summed E-state index contributed by atoms with van der Waals surface area (Å²) in [4.78, 5) is 22.9. The van der Waals surface area contributed by atoms with E-state index in [-0.39, 0.29) is 0 Å². The zero-order valence-electron chi connectivity index (χ0n) is 11.7. The van der Waals surface area contributed by atoms with E-state index in [0.717, 1.165) is 5.56 Å². The van der Waals surface area contributed by atoms with E-state index in [0.29, 0.717) is 5.02 Å². The molecule has 0 radical (unpaired) electrons. The van der Waals surface area contributed by atoms with Gasteiger partial charge in [0.15, 0.2) is 0 Å². The number of carbonyl (C=O) groups is 2. The fourth-order valence-electron chi connectivity index (χ4n) is 1.62. The van der Waals surface area contributed by atoms with Crippen LogP contribution in [0.15, 0.2) is 30.3 Å². The Hall–Kier alpha value is -1.81. The van der Waals surface area contributed by atoms with Crippen molar-refractivity contribution in [3.8, 4) is 0 Å². The van der Waals surface area contributed by atoms with E-state index < -0.39 is 23.3 Å². The summed E-state index contributed by atoms with van der Waals surface area (Å²) < 4.78 is 0. The number of benzene rings is 1. The van der Waals surface area contributed by atoms with Gasteiger partial charge in [0.25, 0.3) is 0 Å². The minimum absolute atomic E-state index is 0.452. The summed E-state index contributed by atoms with van der Waals surface area (Å²) in [6, 6.07) is 6.07. The molecule has 0 saturated carbocycles. The molecule has 0 aliphatic rings. The molecule has 108 valence electrons. The van der Waals surface area contributed by atoms with Gasteiger partial charge in [0.05, 0.1) is 0 Å². The molecule has 4 nitrogen and oxygen atoms in total. The minimum atomic E-state index is -1.05. The number of carboxylic acid groups (broad SMARTS) is 1. The number of hydrogen-bond acceptors (Lipinski definition) is 2. The zero-order chi connectivity index (χ0) is 15.3. The molecule has 20 heavy (non-hydrogen) atoms. The topological polar surface area (TPSA) is 66.4 Å². The molecule has 0 aromatic heterocycles. The van der Waals surface area contributed by atoms with Gasteiger partial charge in [-0.25, -0.2) is 4.79 Å². The molecule has 0 unspecified atom stereocenters. The molecule has 1 amide bonds. The summed E-state index contributed by atoms with van der Waals surface area (Å²) in [6.45, 7) is 5.27. The van der Waals surface area contributed by atoms with Gasteiger partial charge < -0.3 is 10.4 Å². The molecule has 5 heteroatoms. The summed E-state index contributed by atoms with van der Waals surface area (Å²) in [5, 5.41) is 12.2. The van der Waals surface area contributed by atoms with Gasteiger partial charge in [-0.1, -0.05) is 44.5 Å². The normalized spacial score (nSPS) is 13.2. The highest BCUT2D eigenvalue weighted by atomic mass is 35.5. The summed E-state index contributed by atoms with van der Waals surface area (Å²) in [5.74, 6) is -1.51. The molecule has 2 N–H and O–H groups in total. The Balaban J connectivity index is 2.74. The first-order valence-corrected chi connectivity index (χ1v) is 6.55. The van der Waals surface area contributed by atoms with Crippen LogP contribution in [0, 0.1) is 5.41 Å². The first-order valence-electron chi connectivity index (χ1n) is 6.17. The van der Waals surface area contributed by atoms with Crippen LogP contribution in [-0.2, 0) is 9.59 Å². The minimum Gasteiger partial charge on any atom is -0.480 e. The Kier molecular flexibility index (Phi) is 5.34. The van der Waals surface area contributed by atoms with Crippen LogP contribution in [-0.4, -0.2) is 23.0 Å². The Bertz CT molecular complexity index is 532. The summed E-state index contributed by atoms with van der Waals surface area (Å²) in [6.07, 6.45) is 2.89. The average Bonchev–Trinajstić information content (AvgIpc) is 2.31. The van der Waals surface area contributed by atoms with E-state index in [1.54, 1.807) is 51.1 Å². The van der Waals surface area contributed by atoms with Gasteiger partial charge >= 0.3 is 5.97 Å². The number of amides is 1. The lowest BCUT2D eigenvalue weighted by atomic mass is 9.87. The average molecular weight is 296 g/mol. The fraction of sp³-hybridized carbons (Fsp3) is 0.333. The van der Waals surface area contributed by atoms with Crippen LogP contribution in [0.25, 0.3) is 6.08 Å². The second-order valence-electron chi connectivity index (χ2n) is 5.53. The van der Waals surface area contributed by atoms with E-state index in [1.807, 2.05) is 0 Å². The maximum absolute atomic E-state index is 11.8. The van der Waals surface area contributed by atoms with E-state index in [9.17, 15) is 9.59 Å². The molecule has 0 aliphatic carbocycles. The van der Waals surface area contributed by atoms with Crippen molar-refractivity contribution in [2.24, 2.45) is 5.41 Å². The van der Waals surface area contributed by atoms with Gasteiger partial charge in [0.2, 0.25) is 5.91 Å². The third kappa shape index (κ3) is 5.05. The van der Waals surface area contributed by atoms with Crippen molar-refractivity contribution in [2.75, 3.05) is 0 Å². The highest BCUT2D eigenvalue weighted by Gasteiger charge is 2.31. The molecule has 1 atom stereocenters. The largest absolute Gasteiger partial charge is 0.480 e. The molecule has 0 heterocycles. The van der Waals surface area contributed by atoms with Crippen LogP contribution in [0.2, 0.25) is 5.02 Å². The molecule has 1 rings (SSSR count). The molecule has 0 spiro atoms. The van der Waals surface area contributed by atoms with Crippen molar-refractivity contribution in [2.45, 2.75) is 26.8 Å². The first kappa shape index (κ1) is 16.2. The number of aliphatic carboxylic acids is 1. The molecule has 0 saturated heterocycles. The Morgan fingerprint density at radius 2 is 2.00 bits per heavy atom. The van der Waals surface area contributed by atoms with E-state index in [2.05, 4.69) is 5.32 Å². The molecule has 0 bridgehead atoms. The number of hydrogen-bond donors (Lipinski definition) is 2. The quantitative estimate of drug-likeness (QED) is 0.839. The van der Waals surface area contributed by atoms with Crippen LogP contribution in [0.1, 0.15) is 26.3 Å². The first-order chi connectivity index (χ1) is 9.20. The maximum atomic E-state index is 11.8. The molecular formula is C15H18ClNO3. The Labute approximate surface area is 123 Å². The van der Waals surface area contributed by atoms with E-state index >= 15 is 0 Å². The lowest BCUT2D eigenvalue weighted by molar-refractivity contribution is -0.144. The van der Waals surface area contributed by atoms with Gasteiger partial charge in [-0.05, 0) is 29.2 Å². The van der Waals surface area contributed by atoms with Crippen molar-refractivity contribution < 1.29 is 14.7 Å². The second kappa shape index (κ2) is 6.57. The predicted molar refractivity (Wildman–Crippen MR) is 79.5 cm³/mol. The third-order valence-electron chi connectivity index (χ3n) is 2.68. The van der Waals surface area contributed by atoms with Crippen molar-refractivity contribution in [1.29, 1.82) is 0 Å². The smallest absolute Gasteiger partial charge is 0.326 e. The lowest BCUT2D eigenvalue weighted by Gasteiger charge is -2.27. The van der Waals surface area contributed by atoms with Gasteiger partial charge in [-0.2, -0.15) is 0 Å². The molecule has 0 fully saturated rings. The van der Waals surface area contributed by atoms with Crippen LogP contribution >= 0.6 is 11.6 Å². The standard InChI is InChI=1S/C15H18ClNO3/c1-15(2,3)13(14(19)20)17-12(18)8-7-10-5-4-6-11(16)9-10/h4-9,13H,1-3H3,(H,17,18)(H,19,20)/b8-7+/t13-/m1/s1. The van der Waals surface area contributed by atoms with Crippen molar-refractivity contribution in [3.63, 3.8) is 0 Å². The van der Waals surface area contributed by atoms with Crippen LogP contribution in [0.4, 0.5) is 0 Å². The second-order valence-corrected chi connectivity index (χ2v) is 5.97. The monoisotopic (exact) mass is 295 g/mol. The fourth-order valence-corrected chi connectivity index (χ4v) is 1.82. The van der Waals surface area contributed by atoms with Gasteiger partial charge in [-0.15, -0.1) is 0 Å². The van der Waals surface area contributed by atoms with Crippen molar-refractivity contribution in [3.05, 3.63) is 40.9 Å². The van der Waals surface area contributed by atoms with E-state index in [1.165, 1.54) is 6.08 Å². The van der Waals surface area contributed by atoms with Crippen molar-refractivity contribution >= 4 is 29.6 Å². The number of nitrogens with one attached hydrogen (secondary N) is 1. The number of carbonyl (C=O) groups excluding carboxylic acids is 1. The lowest BCUT2D eigenvalue weighted by Crippen LogP contribution is -2.48. The van der Waals surface area contributed by atoms with Gasteiger partial charge in [0.1, 0.15) is 6.04 Å². The highest BCUT2D eigenvalue weighted by molar-refractivity contribution is 6.30. The summed E-state index contributed by atoms with van der Waals surface area (Å²) in [5.41, 5.74) is 0.209. The third-order valence-corrected chi connectivity index (χ3v) is 2.91. The summed E-state index contributed by atoms with van der Waals surface area (Å²) in [7, 11) is 0. The zero-order valence-corrected chi connectivity index (χ0v) is 12.4. The summed E-state index contributed by atoms with van der Waals surface area (Å²) >= 11 is 5.83. The molecule has 1 aromatic rings. The number of halogens is 1. The maximum Gasteiger partial charge on any atom is 0.326 e. The Morgan fingerprint density at radius 1 is 1.35 bits per heavy atom. The molecule has 0 aliphatic heterocycles. The number of rotatable bonds is 4. The van der Waals surface area contributed by atoms with Crippen molar-refractivity contribution in [1.82, 2.24) is 5.32 Å². The highest BCUT2D eigenvalue weighted by Crippen LogP contribution is 2.19.